The van der Waals surface area contributed by atoms with E-state index in [0.717, 1.165) is 19.5 Å². The molecule has 4 heteroatoms. The molecule has 1 saturated heterocycles. The number of hydrogen-bond acceptors (Lipinski definition) is 2. The predicted octanol–water partition coefficient (Wildman–Crippen LogP) is 2.41. The molecule has 1 heterocycles. The Kier molecular flexibility index (Phi) is 3.49. The van der Waals surface area contributed by atoms with Gasteiger partial charge in [0.05, 0.1) is 5.56 Å². The Bertz CT molecular complexity index is 419. The number of carboxylic acids is 1. The lowest BCUT2D eigenvalue weighted by Crippen LogP contribution is -2.14. The molecular weight excluding hydrogens is 317 g/mol. The summed E-state index contributed by atoms with van der Waals surface area (Å²) < 4.78 is 1.17. The zero-order chi connectivity index (χ0) is 11.7. The highest BCUT2D eigenvalue weighted by Gasteiger charge is 2.23. The van der Waals surface area contributed by atoms with Gasteiger partial charge in [0.25, 0.3) is 0 Å². The molecule has 0 radical (unpaired) electrons. The molecule has 0 bridgehead atoms. The van der Waals surface area contributed by atoms with Crippen LogP contribution in [0.1, 0.15) is 28.3 Å². The maximum absolute atomic E-state index is 10.9. The highest BCUT2D eigenvalue weighted by Crippen LogP contribution is 2.30. The molecule has 1 N–H and O–H groups in total. The second-order valence-corrected chi connectivity index (χ2v) is 5.45. The minimum Gasteiger partial charge on any atom is -0.478 e. The Labute approximate surface area is 109 Å². The van der Waals surface area contributed by atoms with Crippen LogP contribution >= 0.6 is 22.6 Å². The first-order chi connectivity index (χ1) is 7.58. The standard InChI is InChI=1S/C12H14INO2/c1-14-5-4-9(7-14)10-6-8(12(15)16)2-3-11(10)13/h2-3,6,9H,4-5,7H2,1H3,(H,15,16). The molecule has 1 aliphatic heterocycles. The van der Waals surface area contributed by atoms with E-state index in [2.05, 4.69) is 34.5 Å². The van der Waals surface area contributed by atoms with Crippen molar-refractivity contribution in [3.05, 3.63) is 32.9 Å². The highest BCUT2D eigenvalue weighted by molar-refractivity contribution is 14.1. The van der Waals surface area contributed by atoms with Gasteiger partial charge in [-0.05, 0) is 72.3 Å². The van der Waals surface area contributed by atoms with Crippen LogP contribution in [0.4, 0.5) is 0 Å². The number of aromatic carboxylic acids is 1. The van der Waals surface area contributed by atoms with Gasteiger partial charge in [-0.3, -0.25) is 0 Å². The molecule has 0 aliphatic carbocycles. The van der Waals surface area contributed by atoms with Gasteiger partial charge in [0.15, 0.2) is 0 Å². The second kappa shape index (κ2) is 4.71. The van der Waals surface area contributed by atoms with Crippen molar-refractivity contribution < 1.29 is 9.90 Å². The van der Waals surface area contributed by atoms with Crippen molar-refractivity contribution in [1.29, 1.82) is 0 Å². The maximum atomic E-state index is 10.9. The number of rotatable bonds is 2. The third-order valence-electron chi connectivity index (χ3n) is 3.07. The van der Waals surface area contributed by atoms with Gasteiger partial charge in [-0.1, -0.05) is 0 Å². The molecule has 1 unspecified atom stereocenters. The Balaban J connectivity index is 2.32. The smallest absolute Gasteiger partial charge is 0.335 e. The van der Waals surface area contributed by atoms with Gasteiger partial charge in [0, 0.05) is 10.1 Å². The summed E-state index contributed by atoms with van der Waals surface area (Å²) in [6, 6.07) is 5.40. The number of hydrogen-bond donors (Lipinski definition) is 1. The highest BCUT2D eigenvalue weighted by atomic mass is 127. The van der Waals surface area contributed by atoms with Gasteiger partial charge >= 0.3 is 5.97 Å². The van der Waals surface area contributed by atoms with Gasteiger partial charge in [-0.2, -0.15) is 0 Å². The van der Waals surface area contributed by atoms with Gasteiger partial charge < -0.3 is 10.0 Å². The molecule has 1 aromatic rings. The van der Waals surface area contributed by atoms with Crippen molar-refractivity contribution in [2.45, 2.75) is 12.3 Å². The van der Waals surface area contributed by atoms with Crippen molar-refractivity contribution in [3.63, 3.8) is 0 Å². The van der Waals surface area contributed by atoms with Crippen LogP contribution in [0, 0.1) is 3.57 Å². The van der Waals surface area contributed by atoms with Gasteiger partial charge in [0.1, 0.15) is 0 Å². The first kappa shape index (κ1) is 11.9. The van der Waals surface area contributed by atoms with Crippen LogP contribution in [-0.2, 0) is 0 Å². The summed E-state index contributed by atoms with van der Waals surface area (Å²) in [6.45, 7) is 2.12. The van der Waals surface area contributed by atoms with Crippen molar-refractivity contribution in [2.24, 2.45) is 0 Å². The topological polar surface area (TPSA) is 40.5 Å². The first-order valence-corrected chi connectivity index (χ1v) is 6.37. The summed E-state index contributed by atoms with van der Waals surface area (Å²) >= 11 is 2.29. The second-order valence-electron chi connectivity index (χ2n) is 4.29. The molecule has 0 spiro atoms. The number of benzene rings is 1. The molecule has 1 aromatic carbocycles. The molecular formula is C12H14INO2. The van der Waals surface area contributed by atoms with Crippen molar-refractivity contribution in [3.8, 4) is 0 Å². The normalized spacial score (nSPS) is 21.2. The minimum absolute atomic E-state index is 0.393. The van der Waals surface area contributed by atoms with Gasteiger partial charge in [-0.15, -0.1) is 0 Å². The fourth-order valence-electron chi connectivity index (χ4n) is 2.18. The Morgan fingerprint density at radius 2 is 2.31 bits per heavy atom. The largest absolute Gasteiger partial charge is 0.478 e. The summed E-state index contributed by atoms with van der Waals surface area (Å²) in [5.74, 6) is -0.361. The molecule has 86 valence electrons. The van der Waals surface area contributed by atoms with E-state index in [1.54, 1.807) is 6.07 Å². The third kappa shape index (κ3) is 2.38. The van der Waals surface area contributed by atoms with Gasteiger partial charge in [-0.25, -0.2) is 4.79 Å². The molecule has 1 atom stereocenters. The van der Waals surface area contributed by atoms with Gasteiger partial charge in [0.2, 0.25) is 0 Å². The molecule has 1 aliphatic rings. The SMILES string of the molecule is CN1CCC(c2cc(C(=O)O)ccc2I)C1. The number of carbonyl (C=O) groups is 1. The average molecular weight is 331 g/mol. The van der Waals surface area contributed by atoms with E-state index in [1.807, 2.05) is 12.1 Å². The molecule has 2 rings (SSSR count). The summed E-state index contributed by atoms with van der Waals surface area (Å²) in [5.41, 5.74) is 1.58. The Morgan fingerprint density at radius 3 is 2.88 bits per heavy atom. The summed E-state index contributed by atoms with van der Waals surface area (Å²) in [5, 5.41) is 8.98. The number of carboxylic acid groups (broad SMARTS) is 1. The van der Waals surface area contributed by atoms with Crippen molar-refractivity contribution >= 4 is 28.6 Å². The molecule has 0 aromatic heterocycles. The number of halogens is 1. The van der Waals surface area contributed by atoms with E-state index < -0.39 is 5.97 Å². The van der Waals surface area contributed by atoms with Crippen molar-refractivity contribution in [1.82, 2.24) is 4.90 Å². The van der Waals surface area contributed by atoms with Crippen molar-refractivity contribution in [2.75, 3.05) is 20.1 Å². The first-order valence-electron chi connectivity index (χ1n) is 5.29. The fourth-order valence-corrected chi connectivity index (χ4v) is 2.95. The lowest BCUT2D eigenvalue weighted by atomic mass is 9.97. The zero-order valence-corrected chi connectivity index (χ0v) is 11.3. The maximum Gasteiger partial charge on any atom is 0.335 e. The zero-order valence-electron chi connectivity index (χ0n) is 9.11. The lowest BCUT2D eigenvalue weighted by Gasteiger charge is -2.13. The Morgan fingerprint density at radius 1 is 1.56 bits per heavy atom. The Hall–Kier alpha value is -0.620. The lowest BCUT2D eigenvalue weighted by molar-refractivity contribution is 0.0696. The predicted molar refractivity (Wildman–Crippen MR) is 71.0 cm³/mol. The quantitative estimate of drug-likeness (QED) is 0.846. The summed E-state index contributed by atoms with van der Waals surface area (Å²) in [4.78, 5) is 13.2. The van der Waals surface area contributed by atoms with E-state index in [9.17, 15) is 4.79 Å². The molecule has 0 saturated carbocycles. The van der Waals surface area contributed by atoms with E-state index in [-0.39, 0.29) is 0 Å². The number of nitrogens with zero attached hydrogens (tertiary/aromatic N) is 1. The van der Waals surface area contributed by atoms with Crippen LogP contribution < -0.4 is 0 Å². The summed E-state index contributed by atoms with van der Waals surface area (Å²) in [6.07, 6.45) is 1.12. The van der Waals surface area contributed by atoms with Crippen LogP contribution in [0.5, 0.6) is 0 Å². The summed E-state index contributed by atoms with van der Waals surface area (Å²) in [7, 11) is 2.11. The number of likely N-dealkylation sites (tertiary alicyclic amines) is 1. The van der Waals surface area contributed by atoms with Crippen LogP contribution in [-0.4, -0.2) is 36.1 Å². The average Bonchev–Trinajstić information content (AvgIpc) is 2.65. The molecule has 1 fully saturated rings. The third-order valence-corrected chi connectivity index (χ3v) is 4.06. The molecule has 16 heavy (non-hydrogen) atoms. The van der Waals surface area contributed by atoms with Crippen LogP contribution in [0.3, 0.4) is 0 Å². The minimum atomic E-state index is -0.844. The monoisotopic (exact) mass is 331 g/mol. The fraction of sp³-hybridized carbons (Fsp3) is 0.417. The van der Waals surface area contributed by atoms with E-state index in [1.165, 1.54) is 9.13 Å². The van der Waals surface area contributed by atoms with Crippen LogP contribution in [0.15, 0.2) is 18.2 Å². The van der Waals surface area contributed by atoms with E-state index in [4.69, 9.17) is 5.11 Å². The van der Waals surface area contributed by atoms with Crippen LogP contribution in [0.25, 0.3) is 0 Å². The number of likely N-dealkylation sites (N-methyl/N-ethyl adjacent to an activating group) is 1. The van der Waals surface area contributed by atoms with E-state index >= 15 is 0 Å². The van der Waals surface area contributed by atoms with Crippen LogP contribution in [0.2, 0.25) is 0 Å². The van der Waals surface area contributed by atoms with E-state index in [0.29, 0.717) is 11.5 Å². The molecule has 3 nitrogen and oxygen atoms in total. The molecule has 0 amide bonds.